The Kier molecular flexibility index (Phi) is 2.79. The average molecular weight is 183 g/mol. The van der Waals surface area contributed by atoms with E-state index < -0.39 is 17.8 Å². The van der Waals surface area contributed by atoms with Gasteiger partial charge in [0.05, 0.1) is 6.61 Å². The molecule has 1 rings (SSSR count). The number of esters is 1. The molecule has 1 N–H and O–H groups in total. The van der Waals surface area contributed by atoms with Gasteiger partial charge >= 0.3 is 5.97 Å². The van der Waals surface area contributed by atoms with Gasteiger partial charge in [0.25, 0.3) is 5.91 Å². The van der Waals surface area contributed by atoms with Gasteiger partial charge in [-0.2, -0.15) is 0 Å². The minimum atomic E-state index is -0.933. The Hall–Kier alpha value is -1.65. The summed E-state index contributed by atoms with van der Waals surface area (Å²) in [6.07, 6.45) is 1.98. The number of aliphatic hydroxyl groups excluding tert-OH is 1. The van der Waals surface area contributed by atoms with Gasteiger partial charge in [-0.15, -0.1) is 0 Å². The molecule has 0 saturated heterocycles. The quantitative estimate of drug-likeness (QED) is 0.621. The van der Waals surface area contributed by atoms with Gasteiger partial charge in [0.15, 0.2) is 0 Å². The average Bonchev–Trinajstić information content (AvgIpc) is 2.04. The fourth-order valence-electron chi connectivity index (χ4n) is 0.892. The molecule has 1 heterocycles. The Morgan fingerprint density at radius 1 is 1.77 bits per heavy atom. The van der Waals surface area contributed by atoms with E-state index in [2.05, 4.69) is 9.73 Å². The second-order valence-electron chi connectivity index (χ2n) is 2.42. The lowest BCUT2D eigenvalue weighted by molar-refractivity contribution is -0.145. The Bertz CT molecular complexity index is 293. The molecule has 0 bridgehead atoms. The maximum Gasteiger partial charge on any atom is 0.322 e. The standard InChI is InChI=1S/C8H9NO4/c1-2-13-8(12)5-4-9-7(11)3-6(5)10/h3-5,10H,2H2,1H3. The monoisotopic (exact) mass is 183 g/mol. The van der Waals surface area contributed by atoms with Gasteiger partial charge < -0.3 is 9.84 Å². The summed E-state index contributed by atoms with van der Waals surface area (Å²) in [7, 11) is 0. The highest BCUT2D eigenvalue weighted by atomic mass is 16.5. The van der Waals surface area contributed by atoms with Crippen molar-refractivity contribution in [2.24, 2.45) is 10.9 Å². The summed E-state index contributed by atoms with van der Waals surface area (Å²) in [5, 5.41) is 9.18. The molecule has 0 aromatic heterocycles. The topological polar surface area (TPSA) is 76.0 Å². The van der Waals surface area contributed by atoms with Crippen LogP contribution < -0.4 is 0 Å². The van der Waals surface area contributed by atoms with Crippen molar-refractivity contribution in [3.63, 3.8) is 0 Å². The molecule has 0 spiro atoms. The van der Waals surface area contributed by atoms with Gasteiger partial charge in [0.2, 0.25) is 0 Å². The first kappa shape index (κ1) is 9.44. The third kappa shape index (κ3) is 2.14. The molecule has 13 heavy (non-hydrogen) atoms. The Balaban J connectivity index is 2.72. The van der Waals surface area contributed by atoms with Crippen molar-refractivity contribution in [2.45, 2.75) is 6.92 Å². The zero-order chi connectivity index (χ0) is 9.84. The molecule has 5 nitrogen and oxygen atoms in total. The van der Waals surface area contributed by atoms with Crippen molar-refractivity contribution < 1.29 is 19.4 Å². The fourth-order valence-corrected chi connectivity index (χ4v) is 0.892. The van der Waals surface area contributed by atoms with Crippen LogP contribution in [-0.2, 0) is 14.3 Å². The summed E-state index contributed by atoms with van der Waals surface area (Å²) >= 11 is 0. The van der Waals surface area contributed by atoms with Gasteiger partial charge in [0, 0.05) is 12.3 Å². The van der Waals surface area contributed by atoms with E-state index >= 15 is 0 Å². The summed E-state index contributed by atoms with van der Waals surface area (Å²) in [5.74, 6) is -2.43. The van der Waals surface area contributed by atoms with Crippen LogP contribution in [0, 0.1) is 5.92 Å². The van der Waals surface area contributed by atoms with Crippen molar-refractivity contribution in [3.05, 3.63) is 11.8 Å². The van der Waals surface area contributed by atoms with E-state index in [0.29, 0.717) is 0 Å². The van der Waals surface area contributed by atoms with Gasteiger partial charge in [-0.25, -0.2) is 4.99 Å². The lowest BCUT2D eigenvalue weighted by Crippen LogP contribution is -2.24. The van der Waals surface area contributed by atoms with E-state index in [0.717, 1.165) is 12.3 Å². The number of aliphatic imine (C=N–C) groups is 1. The van der Waals surface area contributed by atoms with Crippen molar-refractivity contribution >= 4 is 18.1 Å². The second-order valence-corrected chi connectivity index (χ2v) is 2.42. The molecular formula is C8H9NO4. The normalized spacial score (nSPS) is 21.2. The number of ether oxygens (including phenoxy) is 1. The lowest BCUT2D eigenvalue weighted by atomic mass is 10.1. The van der Waals surface area contributed by atoms with Gasteiger partial charge in [0.1, 0.15) is 11.7 Å². The van der Waals surface area contributed by atoms with Crippen LogP contribution in [0.5, 0.6) is 0 Å². The van der Waals surface area contributed by atoms with Gasteiger partial charge in [-0.1, -0.05) is 0 Å². The van der Waals surface area contributed by atoms with Crippen LogP contribution >= 0.6 is 0 Å². The van der Waals surface area contributed by atoms with E-state index in [1.54, 1.807) is 6.92 Å². The van der Waals surface area contributed by atoms with Crippen LogP contribution in [0.1, 0.15) is 6.92 Å². The number of carbonyl (C=O) groups is 2. The maximum absolute atomic E-state index is 11.1. The van der Waals surface area contributed by atoms with E-state index in [4.69, 9.17) is 0 Å². The number of aliphatic hydroxyl groups is 1. The van der Waals surface area contributed by atoms with E-state index in [-0.39, 0.29) is 12.4 Å². The molecule has 1 amide bonds. The van der Waals surface area contributed by atoms with Crippen molar-refractivity contribution in [3.8, 4) is 0 Å². The number of hydrogen-bond acceptors (Lipinski definition) is 4. The first-order valence-electron chi connectivity index (χ1n) is 3.80. The highest BCUT2D eigenvalue weighted by Gasteiger charge is 2.25. The van der Waals surface area contributed by atoms with Crippen molar-refractivity contribution in [2.75, 3.05) is 6.61 Å². The number of amides is 1. The predicted molar refractivity (Wildman–Crippen MR) is 44.3 cm³/mol. The summed E-state index contributed by atoms with van der Waals surface area (Å²) in [6, 6.07) is 0. The molecule has 0 aromatic carbocycles. The molecule has 0 radical (unpaired) electrons. The van der Waals surface area contributed by atoms with Crippen LogP contribution in [0.3, 0.4) is 0 Å². The Labute approximate surface area is 74.7 Å². The molecule has 1 unspecified atom stereocenters. The zero-order valence-electron chi connectivity index (χ0n) is 7.06. The molecule has 0 aromatic rings. The van der Waals surface area contributed by atoms with Crippen LogP contribution in [-0.4, -0.2) is 29.8 Å². The van der Waals surface area contributed by atoms with Crippen LogP contribution in [0.2, 0.25) is 0 Å². The minimum absolute atomic E-state index is 0.227. The lowest BCUT2D eigenvalue weighted by Gasteiger charge is -2.11. The third-order valence-electron chi connectivity index (χ3n) is 1.48. The van der Waals surface area contributed by atoms with Gasteiger partial charge in [-0.3, -0.25) is 9.59 Å². The van der Waals surface area contributed by atoms with E-state index in [1.165, 1.54) is 0 Å². The first-order chi connectivity index (χ1) is 6.15. The maximum atomic E-state index is 11.1. The van der Waals surface area contributed by atoms with E-state index in [9.17, 15) is 14.7 Å². The second kappa shape index (κ2) is 3.84. The highest BCUT2D eigenvalue weighted by molar-refractivity contribution is 6.04. The number of nitrogens with zero attached hydrogens (tertiary/aromatic N) is 1. The molecule has 1 aliphatic rings. The summed E-state index contributed by atoms with van der Waals surface area (Å²) in [5.41, 5.74) is 0. The molecule has 5 heteroatoms. The molecule has 1 atom stereocenters. The fraction of sp³-hybridized carbons (Fsp3) is 0.375. The third-order valence-corrected chi connectivity index (χ3v) is 1.48. The van der Waals surface area contributed by atoms with Crippen molar-refractivity contribution in [1.29, 1.82) is 0 Å². The first-order valence-corrected chi connectivity index (χ1v) is 3.80. The Morgan fingerprint density at radius 2 is 2.46 bits per heavy atom. The van der Waals surface area contributed by atoms with Crippen LogP contribution in [0.15, 0.2) is 16.8 Å². The minimum Gasteiger partial charge on any atom is -0.511 e. The summed E-state index contributed by atoms with van der Waals surface area (Å²) in [6.45, 7) is 1.88. The SMILES string of the molecule is CCOC(=O)C1C=NC(=O)C=C1O. The predicted octanol–water partition coefficient (Wildman–Crippen LogP) is 0.219. The zero-order valence-corrected chi connectivity index (χ0v) is 7.06. The number of rotatable bonds is 2. The van der Waals surface area contributed by atoms with E-state index in [1.807, 2.05) is 0 Å². The van der Waals surface area contributed by atoms with Crippen LogP contribution in [0.25, 0.3) is 0 Å². The summed E-state index contributed by atoms with van der Waals surface area (Å²) < 4.78 is 4.64. The summed E-state index contributed by atoms with van der Waals surface area (Å²) in [4.78, 5) is 25.1. The number of hydrogen-bond donors (Lipinski definition) is 1. The Morgan fingerprint density at radius 3 is 3.00 bits per heavy atom. The molecule has 0 saturated carbocycles. The molecule has 70 valence electrons. The molecule has 1 aliphatic heterocycles. The smallest absolute Gasteiger partial charge is 0.322 e. The van der Waals surface area contributed by atoms with Gasteiger partial charge in [-0.05, 0) is 6.92 Å². The number of carbonyl (C=O) groups excluding carboxylic acids is 2. The molecule has 0 aliphatic carbocycles. The number of dihydropyridines is 1. The highest BCUT2D eigenvalue weighted by Crippen LogP contribution is 2.12. The van der Waals surface area contributed by atoms with Crippen molar-refractivity contribution in [1.82, 2.24) is 0 Å². The van der Waals surface area contributed by atoms with Crippen LogP contribution in [0.4, 0.5) is 0 Å². The molecular weight excluding hydrogens is 174 g/mol. The largest absolute Gasteiger partial charge is 0.511 e. The molecule has 0 fully saturated rings.